The maximum atomic E-state index is 5.58. The molecule has 2 aromatic rings. The SMILES string of the molecule is COC[C@H](NCc1nnc(C)o1)c1ccc(C)o1. The number of furan rings is 1. The van der Waals surface area contributed by atoms with Crippen LogP contribution in [0.2, 0.25) is 0 Å². The minimum absolute atomic E-state index is 0.0316. The number of ether oxygens (including phenoxy) is 1. The van der Waals surface area contributed by atoms with Crippen molar-refractivity contribution in [3.63, 3.8) is 0 Å². The molecule has 2 aromatic heterocycles. The number of hydrogen-bond acceptors (Lipinski definition) is 6. The molecule has 98 valence electrons. The Morgan fingerprint density at radius 3 is 2.67 bits per heavy atom. The van der Waals surface area contributed by atoms with Gasteiger partial charge in [-0.3, -0.25) is 5.32 Å². The van der Waals surface area contributed by atoms with E-state index in [-0.39, 0.29) is 6.04 Å². The number of hydrogen-bond donors (Lipinski definition) is 1. The first-order chi connectivity index (χ1) is 8.69. The van der Waals surface area contributed by atoms with Gasteiger partial charge in [-0.1, -0.05) is 0 Å². The molecule has 0 unspecified atom stereocenters. The van der Waals surface area contributed by atoms with Gasteiger partial charge in [0.05, 0.1) is 19.2 Å². The fraction of sp³-hybridized carbons (Fsp3) is 0.500. The van der Waals surface area contributed by atoms with E-state index in [2.05, 4.69) is 15.5 Å². The van der Waals surface area contributed by atoms with Crippen LogP contribution in [0.1, 0.15) is 29.3 Å². The second-order valence-corrected chi connectivity index (χ2v) is 4.05. The summed E-state index contributed by atoms with van der Waals surface area (Å²) in [6, 6.07) is 3.83. The monoisotopic (exact) mass is 251 g/mol. The summed E-state index contributed by atoms with van der Waals surface area (Å²) in [6.07, 6.45) is 0. The van der Waals surface area contributed by atoms with Gasteiger partial charge in [-0.15, -0.1) is 10.2 Å². The molecule has 0 saturated carbocycles. The molecular weight excluding hydrogens is 234 g/mol. The Kier molecular flexibility index (Phi) is 4.11. The largest absolute Gasteiger partial charge is 0.465 e. The van der Waals surface area contributed by atoms with Gasteiger partial charge in [0.25, 0.3) is 0 Å². The van der Waals surface area contributed by atoms with Crippen molar-refractivity contribution in [2.45, 2.75) is 26.4 Å². The van der Waals surface area contributed by atoms with E-state index >= 15 is 0 Å². The quantitative estimate of drug-likeness (QED) is 0.843. The van der Waals surface area contributed by atoms with Gasteiger partial charge in [-0.2, -0.15) is 0 Å². The van der Waals surface area contributed by atoms with Gasteiger partial charge in [0, 0.05) is 14.0 Å². The van der Waals surface area contributed by atoms with Crippen LogP contribution in [0.5, 0.6) is 0 Å². The van der Waals surface area contributed by atoms with Gasteiger partial charge in [0.15, 0.2) is 0 Å². The molecule has 0 aliphatic rings. The maximum absolute atomic E-state index is 5.58. The van der Waals surface area contributed by atoms with Crippen LogP contribution in [0.4, 0.5) is 0 Å². The topological polar surface area (TPSA) is 73.3 Å². The van der Waals surface area contributed by atoms with Crippen molar-refractivity contribution in [3.05, 3.63) is 35.4 Å². The molecule has 18 heavy (non-hydrogen) atoms. The lowest BCUT2D eigenvalue weighted by Gasteiger charge is -2.14. The summed E-state index contributed by atoms with van der Waals surface area (Å²) in [5.41, 5.74) is 0. The molecule has 1 N–H and O–H groups in total. The van der Waals surface area contributed by atoms with Crippen molar-refractivity contribution in [1.29, 1.82) is 0 Å². The molecule has 0 radical (unpaired) electrons. The minimum atomic E-state index is -0.0316. The molecule has 6 heteroatoms. The van der Waals surface area contributed by atoms with E-state index in [1.165, 1.54) is 0 Å². The zero-order valence-corrected chi connectivity index (χ0v) is 10.8. The number of aryl methyl sites for hydroxylation is 2. The van der Waals surface area contributed by atoms with Crippen molar-refractivity contribution < 1.29 is 13.6 Å². The molecule has 0 aromatic carbocycles. The zero-order valence-electron chi connectivity index (χ0n) is 10.8. The normalized spacial score (nSPS) is 12.8. The Bertz CT molecular complexity index is 492. The van der Waals surface area contributed by atoms with Crippen molar-refractivity contribution in [2.75, 3.05) is 13.7 Å². The molecule has 0 saturated heterocycles. The van der Waals surface area contributed by atoms with E-state index in [0.29, 0.717) is 24.9 Å². The molecular formula is C12H17N3O3. The molecule has 0 aliphatic heterocycles. The standard InChI is InChI=1S/C12H17N3O3/c1-8-4-5-11(17-8)10(7-16-3)13-6-12-15-14-9(2)18-12/h4-5,10,13H,6-7H2,1-3H3/t10-/m0/s1. The summed E-state index contributed by atoms with van der Waals surface area (Å²) in [7, 11) is 1.65. The third-order valence-electron chi connectivity index (χ3n) is 2.51. The van der Waals surface area contributed by atoms with Crippen molar-refractivity contribution in [1.82, 2.24) is 15.5 Å². The average molecular weight is 251 g/mol. The predicted molar refractivity (Wildman–Crippen MR) is 63.9 cm³/mol. The number of nitrogens with one attached hydrogen (secondary N) is 1. The molecule has 0 bridgehead atoms. The van der Waals surface area contributed by atoms with E-state index < -0.39 is 0 Å². The van der Waals surface area contributed by atoms with Gasteiger partial charge in [0.1, 0.15) is 11.5 Å². The van der Waals surface area contributed by atoms with E-state index in [1.54, 1.807) is 14.0 Å². The van der Waals surface area contributed by atoms with E-state index in [0.717, 1.165) is 11.5 Å². The van der Waals surface area contributed by atoms with Crippen molar-refractivity contribution in [3.8, 4) is 0 Å². The summed E-state index contributed by atoms with van der Waals surface area (Å²) in [5, 5.41) is 11.0. The second-order valence-electron chi connectivity index (χ2n) is 4.05. The van der Waals surface area contributed by atoms with E-state index in [1.807, 2.05) is 19.1 Å². The Labute approximate surface area is 105 Å². The molecule has 2 rings (SSSR count). The molecule has 0 fully saturated rings. The first-order valence-electron chi connectivity index (χ1n) is 5.76. The van der Waals surface area contributed by atoms with Crippen LogP contribution >= 0.6 is 0 Å². The number of nitrogens with zero attached hydrogens (tertiary/aromatic N) is 2. The number of aromatic nitrogens is 2. The van der Waals surface area contributed by atoms with E-state index in [4.69, 9.17) is 13.6 Å². The Hall–Kier alpha value is -1.66. The van der Waals surface area contributed by atoms with Gasteiger partial charge < -0.3 is 13.6 Å². The Balaban J connectivity index is 1.98. The minimum Gasteiger partial charge on any atom is -0.465 e. The van der Waals surface area contributed by atoms with Crippen LogP contribution in [0.3, 0.4) is 0 Å². The highest BCUT2D eigenvalue weighted by Gasteiger charge is 2.15. The molecule has 6 nitrogen and oxygen atoms in total. The molecule has 1 atom stereocenters. The number of methoxy groups -OCH3 is 1. The van der Waals surface area contributed by atoms with Crippen LogP contribution in [0.25, 0.3) is 0 Å². The Morgan fingerprint density at radius 1 is 1.28 bits per heavy atom. The van der Waals surface area contributed by atoms with Gasteiger partial charge in [0.2, 0.25) is 11.8 Å². The van der Waals surface area contributed by atoms with Crippen LogP contribution < -0.4 is 5.32 Å². The molecule has 0 aliphatic carbocycles. The first-order valence-corrected chi connectivity index (χ1v) is 5.76. The van der Waals surface area contributed by atoms with Crippen LogP contribution in [-0.2, 0) is 11.3 Å². The maximum Gasteiger partial charge on any atom is 0.230 e. The van der Waals surface area contributed by atoms with Crippen molar-refractivity contribution in [2.24, 2.45) is 0 Å². The average Bonchev–Trinajstić information content (AvgIpc) is 2.94. The fourth-order valence-corrected chi connectivity index (χ4v) is 1.67. The lowest BCUT2D eigenvalue weighted by Crippen LogP contribution is -2.24. The van der Waals surface area contributed by atoms with Crippen LogP contribution in [-0.4, -0.2) is 23.9 Å². The lowest BCUT2D eigenvalue weighted by molar-refractivity contribution is 0.154. The predicted octanol–water partition coefficient (Wildman–Crippen LogP) is 1.76. The van der Waals surface area contributed by atoms with Gasteiger partial charge in [-0.05, 0) is 19.1 Å². The number of rotatable bonds is 6. The smallest absolute Gasteiger partial charge is 0.230 e. The van der Waals surface area contributed by atoms with Crippen LogP contribution in [0, 0.1) is 13.8 Å². The summed E-state index contributed by atoms with van der Waals surface area (Å²) in [5.74, 6) is 2.83. The molecule has 2 heterocycles. The third-order valence-corrected chi connectivity index (χ3v) is 2.51. The molecule has 0 spiro atoms. The van der Waals surface area contributed by atoms with Crippen LogP contribution in [0.15, 0.2) is 21.0 Å². The van der Waals surface area contributed by atoms with Gasteiger partial charge >= 0.3 is 0 Å². The highest BCUT2D eigenvalue weighted by Crippen LogP contribution is 2.17. The lowest BCUT2D eigenvalue weighted by atomic mass is 10.2. The molecule has 0 amide bonds. The Morgan fingerprint density at radius 2 is 2.11 bits per heavy atom. The second kappa shape index (κ2) is 5.79. The van der Waals surface area contributed by atoms with E-state index in [9.17, 15) is 0 Å². The fourth-order valence-electron chi connectivity index (χ4n) is 1.67. The summed E-state index contributed by atoms with van der Waals surface area (Å²) in [6.45, 7) is 4.67. The summed E-state index contributed by atoms with van der Waals surface area (Å²) >= 11 is 0. The highest BCUT2D eigenvalue weighted by molar-refractivity contribution is 5.09. The summed E-state index contributed by atoms with van der Waals surface area (Å²) < 4.78 is 16.1. The highest BCUT2D eigenvalue weighted by atomic mass is 16.5. The van der Waals surface area contributed by atoms with Gasteiger partial charge in [-0.25, -0.2) is 0 Å². The third kappa shape index (κ3) is 3.18. The first kappa shape index (κ1) is 12.8. The zero-order chi connectivity index (χ0) is 13.0. The van der Waals surface area contributed by atoms with Crippen molar-refractivity contribution >= 4 is 0 Å². The summed E-state index contributed by atoms with van der Waals surface area (Å²) in [4.78, 5) is 0.